The largest absolute Gasteiger partial charge is 0.492 e. The topological polar surface area (TPSA) is 66.2 Å². The number of rotatable bonds is 5. The second-order valence-electron chi connectivity index (χ2n) is 7.52. The number of nitrogens with one attached hydrogen (secondary N) is 3. The lowest BCUT2D eigenvalue weighted by atomic mass is 9.94. The molecule has 2 aliphatic rings. The maximum absolute atomic E-state index is 13.5. The second kappa shape index (κ2) is 6.95. The molecule has 5 nitrogen and oxygen atoms in total. The number of benzene rings is 2. The van der Waals surface area contributed by atoms with Crippen LogP contribution in [-0.4, -0.2) is 30.1 Å². The van der Waals surface area contributed by atoms with Gasteiger partial charge in [-0.2, -0.15) is 0 Å². The maximum Gasteiger partial charge on any atom is 0.251 e. The van der Waals surface area contributed by atoms with Crippen LogP contribution in [-0.2, 0) is 19.4 Å². The number of carbonyl (C=O) groups is 1. The highest BCUT2D eigenvalue weighted by atomic mass is 19.1. The van der Waals surface area contributed by atoms with Crippen molar-refractivity contribution in [2.75, 3.05) is 13.2 Å². The van der Waals surface area contributed by atoms with E-state index in [-0.39, 0.29) is 17.8 Å². The van der Waals surface area contributed by atoms with Gasteiger partial charge in [0.2, 0.25) is 0 Å². The van der Waals surface area contributed by atoms with Crippen molar-refractivity contribution in [2.24, 2.45) is 0 Å². The van der Waals surface area contributed by atoms with E-state index in [1.54, 1.807) is 12.1 Å². The summed E-state index contributed by atoms with van der Waals surface area (Å²) in [7, 11) is 0. The fraction of sp³-hybridized carbons (Fsp3) is 0.318. The molecule has 1 atom stereocenters. The van der Waals surface area contributed by atoms with Gasteiger partial charge in [0.1, 0.15) is 18.2 Å². The van der Waals surface area contributed by atoms with Gasteiger partial charge < -0.3 is 20.4 Å². The minimum Gasteiger partial charge on any atom is -0.492 e. The van der Waals surface area contributed by atoms with E-state index in [1.165, 1.54) is 6.07 Å². The first-order chi connectivity index (χ1) is 13.7. The molecule has 28 heavy (non-hydrogen) atoms. The average molecular weight is 379 g/mol. The quantitative estimate of drug-likeness (QED) is 0.597. The number of carbonyl (C=O) groups excluding carboxylic acids is 1. The van der Waals surface area contributed by atoms with Crippen molar-refractivity contribution in [3.8, 4) is 5.75 Å². The molecule has 0 saturated carbocycles. The Morgan fingerprint density at radius 1 is 1.21 bits per heavy atom. The molecule has 3 N–H and O–H groups in total. The Kier molecular flexibility index (Phi) is 4.28. The SMILES string of the molecule is O=C1NCc2c1ccc1c2C[C@@H](NCCCc2c[nH]c3ccc(F)cc23)CO1. The van der Waals surface area contributed by atoms with Crippen molar-refractivity contribution in [3.63, 3.8) is 0 Å². The van der Waals surface area contributed by atoms with Gasteiger partial charge in [-0.3, -0.25) is 4.79 Å². The van der Waals surface area contributed by atoms with E-state index in [0.29, 0.717) is 13.2 Å². The lowest BCUT2D eigenvalue weighted by Crippen LogP contribution is -2.40. The van der Waals surface area contributed by atoms with Gasteiger partial charge in [-0.05, 0) is 67.3 Å². The molecule has 0 fully saturated rings. The summed E-state index contributed by atoms with van der Waals surface area (Å²) in [6, 6.07) is 8.85. The number of fused-ring (bicyclic) bond motifs is 4. The molecule has 2 aliphatic heterocycles. The molecule has 3 aromatic rings. The predicted molar refractivity (Wildman–Crippen MR) is 105 cm³/mol. The van der Waals surface area contributed by atoms with E-state index in [1.807, 2.05) is 18.3 Å². The fourth-order valence-corrected chi connectivity index (χ4v) is 4.28. The van der Waals surface area contributed by atoms with Crippen LogP contribution < -0.4 is 15.4 Å². The third kappa shape index (κ3) is 3.03. The summed E-state index contributed by atoms with van der Waals surface area (Å²) >= 11 is 0. The van der Waals surface area contributed by atoms with Crippen LogP contribution in [0.4, 0.5) is 4.39 Å². The van der Waals surface area contributed by atoms with Crippen molar-refractivity contribution in [1.29, 1.82) is 0 Å². The summed E-state index contributed by atoms with van der Waals surface area (Å²) in [5.74, 6) is 0.696. The number of aromatic nitrogens is 1. The van der Waals surface area contributed by atoms with E-state index >= 15 is 0 Å². The summed E-state index contributed by atoms with van der Waals surface area (Å²) in [6.07, 6.45) is 4.68. The maximum atomic E-state index is 13.5. The molecule has 5 rings (SSSR count). The normalized spacial score (nSPS) is 17.9. The first kappa shape index (κ1) is 17.3. The van der Waals surface area contributed by atoms with E-state index in [2.05, 4.69) is 15.6 Å². The first-order valence-corrected chi connectivity index (χ1v) is 9.73. The van der Waals surface area contributed by atoms with Gasteiger partial charge in [-0.1, -0.05) is 0 Å². The first-order valence-electron chi connectivity index (χ1n) is 9.73. The number of hydrogen-bond donors (Lipinski definition) is 3. The Hall–Kier alpha value is -2.86. The minimum absolute atomic E-state index is 0.00282. The molecule has 0 bridgehead atoms. The average Bonchev–Trinajstić information content (AvgIpc) is 3.28. The Labute approximate surface area is 162 Å². The highest BCUT2D eigenvalue weighted by molar-refractivity contribution is 5.99. The molecular weight excluding hydrogens is 357 g/mol. The van der Waals surface area contributed by atoms with Crippen LogP contribution in [0.25, 0.3) is 10.9 Å². The highest BCUT2D eigenvalue weighted by Crippen LogP contribution is 2.32. The van der Waals surface area contributed by atoms with Crippen LogP contribution in [0.2, 0.25) is 0 Å². The van der Waals surface area contributed by atoms with Gasteiger partial charge in [0.05, 0.1) is 0 Å². The standard InChI is InChI=1S/C22H22FN3O2/c23-14-3-5-20-17(8-14)13(10-25-20)2-1-7-24-15-9-18-19-11-26-22(27)16(19)4-6-21(18)28-12-15/h3-6,8,10,15,24-25H,1-2,7,9,11-12H2,(H,26,27)/t15-/m1/s1. The molecule has 3 heterocycles. The number of ether oxygens (including phenoxy) is 1. The summed E-state index contributed by atoms with van der Waals surface area (Å²) in [6.45, 7) is 2.08. The van der Waals surface area contributed by atoms with Crippen molar-refractivity contribution >= 4 is 16.8 Å². The van der Waals surface area contributed by atoms with Crippen LogP contribution in [0, 0.1) is 5.82 Å². The summed E-state index contributed by atoms with van der Waals surface area (Å²) in [4.78, 5) is 15.1. The number of halogens is 1. The van der Waals surface area contributed by atoms with E-state index < -0.39 is 0 Å². The summed E-state index contributed by atoms with van der Waals surface area (Å²) < 4.78 is 19.4. The van der Waals surface area contributed by atoms with Crippen LogP contribution in [0.5, 0.6) is 5.75 Å². The lowest BCUT2D eigenvalue weighted by Gasteiger charge is -2.27. The monoisotopic (exact) mass is 379 g/mol. The smallest absolute Gasteiger partial charge is 0.251 e. The van der Waals surface area contributed by atoms with Gasteiger partial charge in [0.25, 0.3) is 5.91 Å². The van der Waals surface area contributed by atoms with Crippen molar-refractivity contribution in [2.45, 2.75) is 31.8 Å². The van der Waals surface area contributed by atoms with Gasteiger partial charge in [0, 0.05) is 40.8 Å². The Morgan fingerprint density at radius 2 is 2.14 bits per heavy atom. The van der Waals surface area contributed by atoms with Crippen LogP contribution in [0.3, 0.4) is 0 Å². The molecule has 0 aliphatic carbocycles. The van der Waals surface area contributed by atoms with E-state index in [0.717, 1.165) is 64.7 Å². The van der Waals surface area contributed by atoms with Crippen molar-refractivity contribution < 1.29 is 13.9 Å². The lowest BCUT2D eigenvalue weighted by molar-refractivity contribution is 0.0965. The van der Waals surface area contributed by atoms with E-state index in [9.17, 15) is 9.18 Å². The van der Waals surface area contributed by atoms with E-state index in [4.69, 9.17) is 4.74 Å². The zero-order chi connectivity index (χ0) is 19.1. The van der Waals surface area contributed by atoms with Crippen molar-refractivity contribution in [3.05, 3.63) is 64.6 Å². The van der Waals surface area contributed by atoms with Gasteiger partial charge >= 0.3 is 0 Å². The third-order valence-electron chi connectivity index (χ3n) is 5.73. The van der Waals surface area contributed by atoms with Crippen LogP contribution >= 0.6 is 0 Å². The molecular formula is C22H22FN3O2. The van der Waals surface area contributed by atoms with Crippen LogP contribution in [0.15, 0.2) is 36.5 Å². The Balaban J connectivity index is 1.19. The molecule has 6 heteroatoms. The molecule has 0 unspecified atom stereocenters. The zero-order valence-corrected chi connectivity index (χ0v) is 15.5. The van der Waals surface area contributed by atoms with Crippen LogP contribution in [0.1, 0.15) is 33.5 Å². The number of amides is 1. The summed E-state index contributed by atoms with van der Waals surface area (Å²) in [5.41, 5.74) is 5.11. The molecule has 1 amide bonds. The number of H-pyrrole nitrogens is 1. The second-order valence-corrected chi connectivity index (χ2v) is 7.52. The molecule has 2 aromatic carbocycles. The fourth-order valence-electron chi connectivity index (χ4n) is 4.28. The van der Waals surface area contributed by atoms with Crippen molar-refractivity contribution in [1.82, 2.24) is 15.6 Å². The number of aromatic amines is 1. The number of aryl methyl sites for hydroxylation is 1. The zero-order valence-electron chi connectivity index (χ0n) is 15.5. The molecule has 0 saturated heterocycles. The Morgan fingerprint density at radius 3 is 3.07 bits per heavy atom. The summed E-state index contributed by atoms with van der Waals surface area (Å²) in [5, 5.41) is 7.42. The molecule has 0 spiro atoms. The third-order valence-corrected chi connectivity index (χ3v) is 5.73. The molecule has 0 radical (unpaired) electrons. The number of hydrogen-bond acceptors (Lipinski definition) is 3. The Bertz CT molecular complexity index is 1060. The highest BCUT2D eigenvalue weighted by Gasteiger charge is 2.28. The molecule has 144 valence electrons. The van der Waals surface area contributed by atoms with Gasteiger partial charge in [-0.15, -0.1) is 0 Å². The van der Waals surface area contributed by atoms with Gasteiger partial charge in [-0.25, -0.2) is 4.39 Å². The van der Waals surface area contributed by atoms with Gasteiger partial charge in [0.15, 0.2) is 0 Å². The molecule has 1 aromatic heterocycles. The minimum atomic E-state index is -0.204. The predicted octanol–water partition coefficient (Wildman–Crippen LogP) is 3.08.